The number of carbonyl (C=O) groups is 1. The van der Waals surface area contributed by atoms with Crippen molar-refractivity contribution in [2.45, 2.75) is 38.5 Å². The van der Waals surface area contributed by atoms with Gasteiger partial charge in [0.25, 0.3) is 0 Å². The van der Waals surface area contributed by atoms with Crippen molar-refractivity contribution in [1.29, 1.82) is 0 Å². The van der Waals surface area contributed by atoms with Crippen LogP contribution in [0.5, 0.6) is 0 Å². The Morgan fingerprint density at radius 3 is 2.90 bits per heavy atom. The highest BCUT2D eigenvalue weighted by Gasteiger charge is 2.28. The number of fused-ring (bicyclic) bond motifs is 3. The molecule has 1 fully saturated rings. The first-order valence-electron chi connectivity index (χ1n) is 10.2. The molecule has 1 aliphatic carbocycles. The summed E-state index contributed by atoms with van der Waals surface area (Å²) in [4.78, 5) is 25.6. The van der Waals surface area contributed by atoms with Gasteiger partial charge >= 0.3 is 0 Å². The number of aromatic nitrogens is 2. The Balaban J connectivity index is 1.40. The maximum absolute atomic E-state index is 14.1. The van der Waals surface area contributed by atoms with Gasteiger partial charge in [-0.05, 0) is 55.7 Å². The van der Waals surface area contributed by atoms with Crippen molar-refractivity contribution < 1.29 is 9.18 Å². The fourth-order valence-electron chi connectivity index (χ4n) is 4.48. The summed E-state index contributed by atoms with van der Waals surface area (Å²) in [6.45, 7) is 1.83. The largest absolute Gasteiger partial charge is 0.343 e. The van der Waals surface area contributed by atoms with E-state index in [0.717, 1.165) is 55.4 Å². The van der Waals surface area contributed by atoms with E-state index in [1.807, 2.05) is 4.90 Å². The smallest absolute Gasteiger partial charge is 0.222 e. The molecule has 1 atom stereocenters. The first-order chi connectivity index (χ1) is 14.2. The first-order valence-corrected chi connectivity index (χ1v) is 11.1. The molecule has 1 saturated heterocycles. The SMILES string of the molecule is O=C(CC1CCc2c(sc3ncnc(Nc4ccccc4F)c23)C1)N1CCCC1. The first kappa shape index (κ1) is 18.5. The molecule has 0 spiro atoms. The van der Waals surface area contributed by atoms with Crippen LogP contribution in [0, 0.1) is 11.7 Å². The normalized spacial score (nSPS) is 18.8. The van der Waals surface area contributed by atoms with Gasteiger partial charge in [0.2, 0.25) is 5.91 Å². The summed E-state index contributed by atoms with van der Waals surface area (Å²) in [6, 6.07) is 6.62. The van der Waals surface area contributed by atoms with Crippen LogP contribution in [0.4, 0.5) is 15.9 Å². The maximum atomic E-state index is 14.1. The highest BCUT2D eigenvalue weighted by molar-refractivity contribution is 7.19. The van der Waals surface area contributed by atoms with Gasteiger partial charge in [0.1, 0.15) is 22.8 Å². The Hall–Kier alpha value is -2.54. The molecule has 0 bridgehead atoms. The lowest BCUT2D eigenvalue weighted by Crippen LogP contribution is -2.30. The van der Waals surface area contributed by atoms with Crippen molar-refractivity contribution in [3.05, 3.63) is 46.9 Å². The molecule has 1 aliphatic heterocycles. The third-order valence-corrected chi connectivity index (χ3v) is 7.16. The average Bonchev–Trinajstić information content (AvgIpc) is 3.37. The van der Waals surface area contributed by atoms with Gasteiger partial charge in [-0.1, -0.05) is 12.1 Å². The predicted octanol–water partition coefficient (Wildman–Crippen LogP) is 4.69. The third-order valence-electron chi connectivity index (χ3n) is 6.00. The number of benzene rings is 1. The fourth-order valence-corrected chi connectivity index (χ4v) is 5.78. The number of likely N-dealkylation sites (tertiary alicyclic amines) is 1. The molecule has 2 aliphatic rings. The topological polar surface area (TPSA) is 58.1 Å². The lowest BCUT2D eigenvalue weighted by atomic mass is 9.85. The minimum atomic E-state index is -0.302. The number of thiophene rings is 1. The summed E-state index contributed by atoms with van der Waals surface area (Å²) < 4.78 is 14.1. The molecule has 1 amide bonds. The van der Waals surface area contributed by atoms with Gasteiger partial charge < -0.3 is 10.2 Å². The lowest BCUT2D eigenvalue weighted by Gasteiger charge is -2.24. The molecule has 3 heterocycles. The van der Waals surface area contributed by atoms with E-state index in [0.29, 0.717) is 29.8 Å². The number of anilines is 2. The summed E-state index contributed by atoms with van der Waals surface area (Å²) in [5, 5.41) is 4.15. The zero-order chi connectivity index (χ0) is 19.8. The molecule has 150 valence electrons. The molecule has 1 aromatic carbocycles. The summed E-state index contributed by atoms with van der Waals surface area (Å²) in [6.07, 6.45) is 7.25. The quantitative estimate of drug-likeness (QED) is 0.678. The Morgan fingerprint density at radius 1 is 1.24 bits per heavy atom. The monoisotopic (exact) mass is 410 g/mol. The van der Waals surface area contributed by atoms with E-state index >= 15 is 0 Å². The molecule has 0 radical (unpaired) electrons. The van der Waals surface area contributed by atoms with Gasteiger partial charge in [0, 0.05) is 24.4 Å². The average molecular weight is 411 g/mol. The number of para-hydroxylation sites is 1. The highest BCUT2D eigenvalue weighted by atomic mass is 32.1. The zero-order valence-electron chi connectivity index (χ0n) is 16.2. The van der Waals surface area contributed by atoms with Gasteiger partial charge in [0.05, 0.1) is 11.1 Å². The second-order valence-electron chi connectivity index (χ2n) is 7.91. The van der Waals surface area contributed by atoms with Crippen molar-refractivity contribution in [3.63, 3.8) is 0 Å². The van der Waals surface area contributed by atoms with Crippen LogP contribution in [0.3, 0.4) is 0 Å². The van der Waals surface area contributed by atoms with Crippen molar-refractivity contribution in [2.24, 2.45) is 5.92 Å². The molecular weight excluding hydrogens is 387 g/mol. The molecule has 5 nitrogen and oxygen atoms in total. The molecule has 1 unspecified atom stereocenters. The van der Waals surface area contributed by atoms with E-state index < -0.39 is 0 Å². The minimum Gasteiger partial charge on any atom is -0.343 e. The van der Waals surface area contributed by atoms with Crippen LogP contribution >= 0.6 is 11.3 Å². The Kier molecular flexibility index (Phi) is 4.91. The van der Waals surface area contributed by atoms with Crippen molar-refractivity contribution in [2.75, 3.05) is 18.4 Å². The number of halogens is 1. The van der Waals surface area contributed by atoms with Gasteiger partial charge in [0.15, 0.2) is 0 Å². The number of nitrogens with zero attached hydrogens (tertiary/aromatic N) is 3. The number of nitrogens with one attached hydrogen (secondary N) is 1. The van der Waals surface area contributed by atoms with Crippen molar-refractivity contribution in [3.8, 4) is 0 Å². The van der Waals surface area contributed by atoms with Gasteiger partial charge in [-0.25, -0.2) is 14.4 Å². The molecule has 0 saturated carbocycles. The third kappa shape index (κ3) is 3.59. The molecule has 2 aromatic heterocycles. The van der Waals surface area contributed by atoms with E-state index in [1.165, 1.54) is 22.8 Å². The minimum absolute atomic E-state index is 0.302. The van der Waals surface area contributed by atoms with Crippen LogP contribution in [0.2, 0.25) is 0 Å². The standard InChI is InChI=1S/C22H23FN4OS/c23-16-5-1-2-6-17(16)26-21-20-15-8-7-14(12-19(28)27-9-3-4-10-27)11-18(15)29-22(20)25-13-24-21/h1-2,5-6,13-14H,3-4,7-12H2,(H,24,25,26). The zero-order valence-corrected chi connectivity index (χ0v) is 17.0. The fraction of sp³-hybridized carbons (Fsp3) is 0.409. The number of amides is 1. The van der Waals surface area contributed by atoms with Gasteiger partial charge in [-0.2, -0.15) is 0 Å². The van der Waals surface area contributed by atoms with E-state index in [-0.39, 0.29) is 5.82 Å². The second kappa shape index (κ2) is 7.71. The van der Waals surface area contributed by atoms with Crippen LogP contribution in [-0.2, 0) is 17.6 Å². The van der Waals surface area contributed by atoms with Crippen LogP contribution in [-0.4, -0.2) is 33.9 Å². The van der Waals surface area contributed by atoms with Crippen LogP contribution < -0.4 is 5.32 Å². The Labute approximate surface area is 173 Å². The van der Waals surface area contributed by atoms with Crippen LogP contribution in [0.1, 0.15) is 36.1 Å². The van der Waals surface area contributed by atoms with Crippen molar-refractivity contribution >= 4 is 39.0 Å². The summed E-state index contributed by atoms with van der Waals surface area (Å²) in [5.74, 6) is 1.05. The Bertz CT molecular complexity index is 1060. The van der Waals surface area contributed by atoms with E-state index in [1.54, 1.807) is 29.5 Å². The highest BCUT2D eigenvalue weighted by Crippen LogP contribution is 2.41. The number of aryl methyl sites for hydroxylation is 1. The van der Waals surface area contributed by atoms with Gasteiger partial charge in [-0.3, -0.25) is 4.79 Å². The number of hydrogen-bond acceptors (Lipinski definition) is 5. The molecule has 29 heavy (non-hydrogen) atoms. The van der Waals surface area contributed by atoms with Crippen LogP contribution in [0.25, 0.3) is 10.2 Å². The lowest BCUT2D eigenvalue weighted by molar-refractivity contribution is -0.131. The van der Waals surface area contributed by atoms with Crippen molar-refractivity contribution in [1.82, 2.24) is 14.9 Å². The number of rotatable bonds is 4. The predicted molar refractivity (Wildman–Crippen MR) is 113 cm³/mol. The molecule has 3 aromatic rings. The van der Waals surface area contributed by atoms with E-state index in [4.69, 9.17) is 0 Å². The maximum Gasteiger partial charge on any atom is 0.222 e. The van der Waals surface area contributed by atoms with E-state index in [9.17, 15) is 9.18 Å². The second-order valence-corrected chi connectivity index (χ2v) is 9.00. The number of carbonyl (C=O) groups excluding carboxylic acids is 1. The van der Waals surface area contributed by atoms with E-state index in [2.05, 4.69) is 15.3 Å². The summed E-state index contributed by atoms with van der Waals surface area (Å²) >= 11 is 1.68. The number of hydrogen-bond donors (Lipinski definition) is 1. The molecule has 5 rings (SSSR count). The Morgan fingerprint density at radius 2 is 2.07 bits per heavy atom. The van der Waals surface area contributed by atoms with Crippen LogP contribution in [0.15, 0.2) is 30.6 Å². The summed E-state index contributed by atoms with van der Waals surface area (Å²) in [7, 11) is 0. The summed E-state index contributed by atoms with van der Waals surface area (Å²) in [5.41, 5.74) is 1.67. The van der Waals surface area contributed by atoms with Gasteiger partial charge in [-0.15, -0.1) is 11.3 Å². The molecule has 1 N–H and O–H groups in total. The molecular formula is C22H23FN4OS. The molecule has 7 heteroatoms.